The van der Waals surface area contributed by atoms with Gasteiger partial charge in [0.1, 0.15) is 0 Å². The average molecular weight is 309 g/mol. The summed E-state index contributed by atoms with van der Waals surface area (Å²) in [5.74, 6) is 0. The number of aromatic nitrogens is 3. The van der Waals surface area contributed by atoms with Crippen molar-refractivity contribution in [2.45, 2.75) is 13.0 Å². The van der Waals surface area contributed by atoms with E-state index in [9.17, 15) is 4.79 Å². The summed E-state index contributed by atoms with van der Waals surface area (Å²) in [6.45, 7) is 1.58. The van der Waals surface area contributed by atoms with Gasteiger partial charge in [-0.1, -0.05) is 6.07 Å². The van der Waals surface area contributed by atoms with E-state index in [2.05, 4.69) is 20.3 Å². The molecular weight excluding hydrogens is 294 g/mol. The topological polar surface area (TPSA) is 82.8 Å². The van der Waals surface area contributed by atoms with Crippen LogP contribution >= 0.6 is 0 Å². The van der Waals surface area contributed by atoms with Crippen molar-refractivity contribution in [3.05, 3.63) is 54.0 Å². The largest absolute Gasteiger partial charge is 0.465 e. The summed E-state index contributed by atoms with van der Waals surface area (Å²) >= 11 is 0. The Morgan fingerprint density at radius 1 is 1.30 bits per heavy atom. The highest BCUT2D eigenvalue weighted by Gasteiger charge is 2.20. The first kappa shape index (κ1) is 13.6. The van der Waals surface area contributed by atoms with Crippen LogP contribution in [0.3, 0.4) is 0 Å². The van der Waals surface area contributed by atoms with Crippen LogP contribution in [0.15, 0.2) is 42.7 Å². The second-order valence-electron chi connectivity index (χ2n) is 5.48. The fourth-order valence-electron chi connectivity index (χ4n) is 3.01. The lowest BCUT2D eigenvalue weighted by molar-refractivity contribution is 0.210. The van der Waals surface area contributed by atoms with Crippen molar-refractivity contribution in [1.29, 1.82) is 0 Å². The number of carboxylic acid groups (broad SMARTS) is 1. The number of carbonyl (C=O) groups is 1. The maximum Gasteiger partial charge on any atom is 0.409 e. The molecule has 2 N–H and O–H groups in total. The van der Waals surface area contributed by atoms with Gasteiger partial charge in [0.05, 0.1) is 11.9 Å². The Balaban J connectivity index is 1.64. The molecule has 7 heteroatoms. The predicted molar refractivity (Wildman–Crippen MR) is 85.8 cm³/mol. The molecule has 0 saturated heterocycles. The third kappa shape index (κ3) is 2.46. The molecule has 2 aromatic heterocycles. The first-order valence-corrected chi connectivity index (χ1v) is 7.36. The molecule has 0 bridgehead atoms. The minimum absolute atomic E-state index is 0.571. The lowest BCUT2D eigenvalue weighted by Gasteiger charge is -2.30. The van der Waals surface area contributed by atoms with Gasteiger partial charge in [-0.15, -0.1) is 0 Å². The van der Waals surface area contributed by atoms with E-state index in [0.29, 0.717) is 5.69 Å². The Morgan fingerprint density at radius 3 is 3.09 bits per heavy atom. The van der Waals surface area contributed by atoms with E-state index in [0.717, 1.165) is 36.4 Å². The molecule has 1 aliphatic rings. The van der Waals surface area contributed by atoms with Crippen LogP contribution in [-0.4, -0.2) is 32.3 Å². The lowest BCUT2D eigenvalue weighted by atomic mass is 10.1. The summed E-state index contributed by atoms with van der Waals surface area (Å²) in [6, 6.07) is 9.32. The highest BCUT2D eigenvalue weighted by molar-refractivity contribution is 5.83. The molecule has 4 rings (SSSR count). The molecule has 1 amide bonds. The molecule has 1 aliphatic heterocycles. The van der Waals surface area contributed by atoms with Crippen LogP contribution in [0.5, 0.6) is 0 Å². The van der Waals surface area contributed by atoms with Gasteiger partial charge in [-0.25, -0.2) is 14.3 Å². The van der Waals surface area contributed by atoms with Crippen molar-refractivity contribution in [2.24, 2.45) is 0 Å². The maximum atomic E-state index is 10.8. The van der Waals surface area contributed by atoms with Gasteiger partial charge in [0.2, 0.25) is 0 Å². The van der Waals surface area contributed by atoms with Crippen LogP contribution in [0.1, 0.15) is 11.3 Å². The molecule has 0 unspecified atom stereocenters. The van der Waals surface area contributed by atoms with Crippen LogP contribution in [-0.2, 0) is 13.0 Å². The Morgan fingerprint density at radius 2 is 2.22 bits per heavy atom. The molecule has 0 atom stereocenters. The first-order chi connectivity index (χ1) is 11.2. The van der Waals surface area contributed by atoms with Crippen molar-refractivity contribution in [3.8, 4) is 0 Å². The second kappa shape index (κ2) is 5.28. The zero-order chi connectivity index (χ0) is 15.8. The number of nitrogens with one attached hydrogen (secondary N) is 1. The third-order valence-electron chi connectivity index (χ3n) is 4.04. The van der Waals surface area contributed by atoms with Crippen molar-refractivity contribution in [2.75, 3.05) is 16.8 Å². The van der Waals surface area contributed by atoms with Gasteiger partial charge in [-0.05, 0) is 18.2 Å². The monoisotopic (exact) mass is 309 g/mol. The van der Waals surface area contributed by atoms with Crippen LogP contribution in [0, 0.1) is 0 Å². The average Bonchev–Trinajstić information content (AvgIpc) is 3.03. The molecule has 0 aliphatic carbocycles. The van der Waals surface area contributed by atoms with Gasteiger partial charge in [0.25, 0.3) is 0 Å². The fourth-order valence-corrected chi connectivity index (χ4v) is 3.01. The lowest BCUT2D eigenvalue weighted by Crippen LogP contribution is -2.32. The number of hydrogen-bond donors (Lipinski definition) is 2. The number of fused-ring (bicyclic) bond motifs is 3. The minimum atomic E-state index is -1.06. The van der Waals surface area contributed by atoms with Gasteiger partial charge in [-0.2, -0.15) is 5.10 Å². The number of nitrogens with zero attached hydrogens (tertiary/aromatic N) is 4. The van der Waals surface area contributed by atoms with Gasteiger partial charge in [-0.3, -0.25) is 5.32 Å². The van der Waals surface area contributed by atoms with E-state index in [1.807, 2.05) is 35.0 Å². The predicted octanol–water partition coefficient (Wildman–Crippen LogP) is 2.38. The highest BCUT2D eigenvalue weighted by Crippen LogP contribution is 2.26. The third-order valence-corrected chi connectivity index (χ3v) is 4.04. The van der Waals surface area contributed by atoms with Gasteiger partial charge >= 0.3 is 6.09 Å². The maximum absolute atomic E-state index is 10.8. The number of benzene rings is 1. The molecule has 116 valence electrons. The number of rotatable bonds is 2. The van der Waals surface area contributed by atoms with Crippen LogP contribution in [0.4, 0.5) is 16.2 Å². The molecule has 7 nitrogen and oxygen atoms in total. The van der Waals surface area contributed by atoms with E-state index < -0.39 is 6.09 Å². The summed E-state index contributed by atoms with van der Waals surface area (Å²) < 4.78 is 1.90. The van der Waals surface area contributed by atoms with E-state index in [-0.39, 0.29) is 0 Å². The molecule has 3 heterocycles. The Labute approximate surface area is 132 Å². The molecule has 0 fully saturated rings. The highest BCUT2D eigenvalue weighted by atomic mass is 16.4. The second-order valence-corrected chi connectivity index (χ2v) is 5.48. The smallest absolute Gasteiger partial charge is 0.409 e. The van der Waals surface area contributed by atoms with Crippen molar-refractivity contribution in [1.82, 2.24) is 14.6 Å². The Kier molecular flexibility index (Phi) is 3.11. The Hall–Kier alpha value is -3.09. The summed E-state index contributed by atoms with van der Waals surface area (Å²) in [7, 11) is 0. The first-order valence-electron chi connectivity index (χ1n) is 7.36. The quantitative estimate of drug-likeness (QED) is 0.759. The summed E-state index contributed by atoms with van der Waals surface area (Å²) in [4.78, 5) is 17.4. The fraction of sp³-hybridized carbons (Fsp3) is 0.188. The van der Waals surface area contributed by atoms with E-state index >= 15 is 0 Å². The summed E-state index contributed by atoms with van der Waals surface area (Å²) in [5.41, 5.74) is 4.76. The molecule has 0 spiro atoms. The SMILES string of the molecule is O=C(O)Nc1cccc(N2CCc3c(cnc4ccnn34)C2)c1. The van der Waals surface area contributed by atoms with E-state index in [1.54, 1.807) is 12.3 Å². The molecule has 0 radical (unpaired) electrons. The van der Waals surface area contributed by atoms with Crippen LogP contribution < -0.4 is 10.2 Å². The standard InChI is InChI=1S/C16H15N5O2/c22-16(23)19-12-2-1-3-13(8-12)20-7-5-14-11(10-20)9-17-15-4-6-18-21(14)15/h1-4,6,8-9,19H,5,7,10H2,(H,22,23). The number of amides is 1. The van der Waals surface area contributed by atoms with Gasteiger partial charge in [0, 0.05) is 48.7 Å². The molecular formula is C16H15N5O2. The zero-order valence-corrected chi connectivity index (χ0v) is 12.3. The van der Waals surface area contributed by atoms with Gasteiger partial charge in [0.15, 0.2) is 5.65 Å². The summed E-state index contributed by atoms with van der Waals surface area (Å²) in [5, 5.41) is 15.6. The van der Waals surface area contributed by atoms with Crippen LogP contribution in [0.25, 0.3) is 5.65 Å². The molecule has 1 aromatic carbocycles. The number of anilines is 2. The minimum Gasteiger partial charge on any atom is -0.465 e. The normalized spacial score (nSPS) is 13.8. The van der Waals surface area contributed by atoms with Gasteiger partial charge < -0.3 is 10.0 Å². The van der Waals surface area contributed by atoms with Crippen molar-refractivity contribution in [3.63, 3.8) is 0 Å². The molecule has 0 saturated carbocycles. The Bertz CT molecular complexity index is 889. The van der Waals surface area contributed by atoms with Crippen molar-refractivity contribution >= 4 is 23.1 Å². The molecule has 3 aromatic rings. The van der Waals surface area contributed by atoms with Crippen molar-refractivity contribution < 1.29 is 9.90 Å². The zero-order valence-electron chi connectivity index (χ0n) is 12.3. The van der Waals surface area contributed by atoms with Crippen LogP contribution in [0.2, 0.25) is 0 Å². The van der Waals surface area contributed by atoms with E-state index in [1.165, 1.54) is 5.69 Å². The number of hydrogen-bond acceptors (Lipinski definition) is 4. The van der Waals surface area contributed by atoms with E-state index in [4.69, 9.17) is 5.11 Å². The molecule has 23 heavy (non-hydrogen) atoms. The summed E-state index contributed by atoms with van der Waals surface area (Å²) in [6.07, 6.45) is 3.47.